The van der Waals surface area contributed by atoms with Crippen LogP contribution in [0.4, 0.5) is 0 Å². The lowest BCUT2D eigenvalue weighted by Gasteiger charge is -2.49. The van der Waals surface area contributed by atoms with Crippen LogP contribution in [0.3, 0.4) is 0 Å². The molecule has 2 aromatic rings. The Morgan fingerprint density at radius 3 is 2.63 bits per heavy atom. The molecule has 3 fully saturated rings. The average molecular weight is 474 g/mol. The number of benzene rings is 1. The van der Waals surface area contributed by atoms with E-state index in [2.05, 4.69) is 46.4 Å². The van der Waals surface area contributed by atoms with Crippen LogP contribution in [0.25, 0.3) is 0 Å². The number of hydrogen-bond donors (Lipinski definition) is 0. The van der Waals surface area contributed by atoms with E-state index < -0.39 is 0 Å². The van der Waals surface area contributed by atoms with Gasteiger partial charge in [0.05, 0.1) is 0 Å². The van der Waals surface area contributed by atoms with Crippen molar-refractivity contribution in [1.82, 2.24) is 10.0 Å². The summed E-state index contributed by atoms with van der Waals surface area (Å²) in [4.78, 5) is 12.5. The molecule has 0 amide bonds. The Balaban J connectivity index is 1.31. The molecule has 0 bridgehead atoms. The van der Waals surface area contributed by atoms with Crippen LogP contribution in [-0.4, -0.2) is 42.0 Å². The molecule has 1 saturated carbocycles. The summed E-state index contributed by atoms with van der Waals surface area (Å²) in [5.74, 6) is 1.30. The van der Waals surface area contributed by atoms with Crippen molar-refractivity contribution in [1.29, 1.82) is 0 Å². The summed E-state index contributed by atoms with van der Waals surface area (Å²) in [5, 5.41) is 17.9. The number of carbonyl (C=O) groups excluding carboxylic acids is 1. The van der Waals surface area contributed by atoms with Crippen molar-refractivity contribution >= 4 is 6.29 Å². The van der Waals surface area contributed by atoms with E-state index in [1.807, 2.05) is 6.07 Å². The van der Waals surface area contributed by atoms with Crippen molar-refractivity contribution in [2.75, 3.05) is 19.6 Å². The molecular formula is C30H39N3O2. The number of aldehydes is 1. The summed E-state index contributed by atoms with van der Waals surface area (Å²) in [6, 6.07) is 15.6. The van der Waals surface area contributed by atoms with Crippen LogP contribution in [-0.2, 0) is 16.6 Å². The van der Waals surface area contributed by atoms with E-state index in [9.17, 15) is 10.0 Å². The number of nitrogens with zero attached hydrogens (tertiary/aromatic N) is 3. The van der Waals surface area contributed by atoms with E-state index >= 15 is 0 Å². The monoisotopic (exact) mass is 473 g/mol. The zero-order valence-electron chi connectivity index (χ0n) is 20.9. The van der Waals surface area contributed by atoms with E-state index in [4.69, 9.17) is 0 Å². The second-order valence-electron chi connectivity index (χ2n) is 11.6. The zero-order chi connectivity index (χ0) is 23.8. The molecule has 2 aliphatic carbocycles. The number of piperidine rings is 1. The first-order valence-corrected chi connectivity index (χ1v) is 13.9. The fraction of sp³-hybridized carbons (Fsp3) is 0.600. The van der Waals surface area contributed by atoms with E-state index in [1.54, 1.807) is 6.20 Å². The highest BCUT2D eigenvalue weighted by Gasteiger charge is 2.54. The van der Waals surface area contributed by atoms with Gasteiger partial charge in [-0.25, -0.2) is 10.0 Å². The molecule has 186 valence electrons. The first-order valence-electron chi connectivity index (χ1n) is 13.9. The highest BCUT2D eigenvalue weighted by Crippen LogP contribution is 2.48. The highest BCUT2D eigenvalue weighted by atomic mass is 16.5. The Morgan fingerprint density at radius 1 is 1.00 bits per heavy atom. The van der Waals surface area contributed by atoms with Gasteiger partial charge in [0.15, 0.2) is 11.9 Å². The van der Waals surface area contributed by atoms with E-state index in [0.29, 0.717) is 12.0 Å². The molecule has 6 rings (SSSR count). The number of hydrazine groups is 1. The molecule has 35 heavy (non-hydrogen) atoms. The molecule has 1 aromatic carbocycles. The second-order valence-corrected chi connectivity index (χ2v) is 11.6. The normalized spacial score (nSPS) is 32.5. The van der Waals surface area contributed by atoms with Crippen LogP contribution >= 0.6 is 0 Å². The second kappa shape index (κ2) is 9.67. The van der Waals surface area contributed by atoms with Gasteiger partial charge in [-0.15, -0.1) is 0 Å². The number of rotatable bonds is 4. The third kappa shape index (κ3) is 4.11. The Kier molecular flexibility index (Phi) is 6.40. The van der Waals surface area contributed by atoms with Gasteiger partial charge in [-0.05, 0) is 62.0 Å². The van der Waals surface area contributed by atoms with Crippen LogP contribution in [0.15, 0.2) is 48.7 Å². The smallest absolute Gasteiger partial charge is 0.196 e. The van der Waals surface area contributed by atoms with Gasteiger partial charge in [0.25, 0.3) is 0 Å². The summed E-state index contributed by atoms with van der Waals surface area (Å²) in [5.41, 5.74) is 3.28. The number of aromatic nitrogens is 1. The maximum atomic E-state index is 12.6. The SMILES string of the molecule is O=C[C@@H]1CN(N2CC[C@@H](c3ccccc3)C[C@H]2C2CCCCC2)C[C@]12CCCc1c2ccc[n+]1[O-]. The molecule has 0 radical (unpaired) electrons. The summed E-state index contributed by atoms with van der Waals surface area (Å²) >= 11 is 0. The maximum Gasteiger partial charge on any atom is 0.196 e. The predicted octanol–water partition coefficient (Wildman–Crippen LogP) is 4.77. The molecule has 0 N–H and O–H groups in total. The molecule has 1 aromatic heterocycles. The third-order valence-electron chi connectivity index (χ3n) is 9.82. The van der Waals surface area contributed by atoms with Gasteiger partial charge in [0.1, 0.15) is 6.29 Å². The van der Waals surface area contributed by atoms with Gasteiger partial charge < -0.3 is 10.0 Å². The number of fused-ring (bicyclic) bond motifs is 2. The Hall–Kier alpha value is -2.24. The summed E-state index contributed by atoms with van der Waals surface area (Å²) in [7, 11) is 0. The minimum absolute atomic E-state index is 0.0530. The van der Waals surface area contributed by atoms with Gasteiger partial charge in [-0.2, -0.15) is 4.73 Å². The fourth-order valence-corrected chi connectivity index (χ4v) is 8.07. The van der Waals surface area contributed by atoms with Gasteiger partial charge in [-0.3, -0.25) is 0 Å². The van der Waals surface area contributed by atoms with Crippen molar-refractivity contribution in [3.63, 3.8) is 0 Å². The van der Waals surface area contributed by atoms with E-state index in [1.165, 1.54) is 56.8 Å². The summed E-state index contributed by atoms with van der Waals surface area (Å²) in [6.45, 7) is 2.72. The third-order valence-corrected chi connectivity index (χ3v) is 9.82. The first-order chi connectivity index (χ1) is 17.2. The lowest BCUT2D eigenvalue weighted by Crippen LogP contribution is -2.55. The molecule has 3 heterocycles. The molecule has 4 aliphatic rings. The highest BCUT2D eigenvalue weighted by molar-refractivity contribution is 5.60. The molecule has 2 aliphatic heterocycles. The average Bonchev–Trinajstić information content (AvgIpc) is 3.28. The maximum absolute atomic E-state index is 12.6. The molecule has 5 nitrogen and oxygen atoms in total. The van der Waals surface area contributed by atoms with Crippen molar-refractivity contribution < 1.29 is 9.52 Å². The van der Waals surface area contributed by atoms with Crippen LogP contribution in [0, 0.1) is 17.0 Å². The Bertz CT molecular complexity index is 1040. The number of hydrogen-bond acceptors (Lipinski definition) is 4. The standard InChI is InChI=1S/C30H39N3O2/c34-21-26-20-31(22-30(26)16-7-14-28-27(30)13-8-17-33(28)35)32-18-15-25(23-9-3-1-4-10-23)19-29(32)24-11-5-2-6-12-24/h1,3-4,8-10,13,17,21,24-26,29H,2,5-7,11-12,14-16,18-20,22H2/t25-,26+,29+,30-/m1/s1. The molecule has 4 atom stereocenters. The summed E-state index contributed by atoms with van der Waals surface area (Å²) in [6.07, 6.45) is 14.7. The van der Waals surface area contributed by atoms with Crippen molar-refractivity contribution in [2.24, 2.45) is 11.8 Å². The van der Waals surface area contributed by atoms with Crippen molar-refractivity contribution in [3.05, 3.63) is 70.7 Å². The van der Waals surface area contributed by atoms with Crippen molar-refractivity contribution in [2.45, 2.75) is 81.6 Å². The van der Waals surface area contributed by atoms with Gasteiger partial charge >= 0.3 is 0 Å². The minimum atomic E-state index is -0.226. The van der Waals surface area contributed by atoms with Gasteiger partial charge in [0.2, 0.25) is 0 Å². The molecule has 0 unspecified atom stereocenters. The number of pyridine rings is 1. The van der Waals surface area contributed by atoms with Gasteiger partial charge in [-0.1, -0.05) is 49.6 Å². The fourth-order valence-electron chi connectivity index (χ4n) is 8.07. The van der Waals surface area contributed by atoms with Gasteiger partial charge in [0, 0.05) is 55.1 Å². The summed E-state index contributed by atoms with van der Waals surface area (Å²) < 4.78 is 1.05. The Morgan fingerprint density at radius 2 is 1.83 bits per heavy atom. The predicted molar refractivity (Wildman–Crippen MR) is 137 cm³/mol. The quantitative estimate of drug-likeness (QED) is 0.365. The van der Waals surface area contributed by atoms with E-state index in [0.717, 1.165) is 60.8 Å². The first kappa shape index (κ1) is 23.2. The Labute approximate surface area is 209 Å². The number of carbonyl (C=O) groups is 1. The van der Waals surface area contributed by atoms with Crippen LogP contribution in [0.5, 0.6) is 0 Å². The van der Waals surface area contributed by atoms with Crippen LogP contribution in [0.1, 0.15) is 80.5 Å². The topological polar surface area (TPSA) is 50.5 Å². The van der Waals surface area contributed by atoms with Crippen LogP contribution in [0.2, 0.25) is 0 Å². The largest absolute Gasteiger partial charge is 0.618 e. The minimum Gasteiger partial charge on any atom is -0.618 e. The lowest BCUT2D eigenvalue weighted by molar-refractivity contribution is -0.615. The molecule has 5 heteroatoms. The molecular weight excluding hydrogens is 434 g/mol. The molecule has 1 spiro atoms. The van der Waals surface area contributed by atoms with E-state index in [-0.39, 0.29) is 11.3 Å². The zero-order valence-corrected chi connectivity index (χ0v) is 20.9. The lowest BCUT2D eigenvalue weighted by atomic mass is 9.66. The molecule has 2 saturated heterocycles. The van der Waals surface area contributed by atoms with Crippen molar-refractivity contribution in [3.8, 4) is 0 Å². The van der Waals surface area contributed by atoms with Crippen LogP contribution < -0.4 is 4.73 Å².